The molecular formula is C9H13N3O4. The van der Waals surface area contributed by atoms with Crippen LogP contribution < -0.4 is 16.0 Å². The highest BCUT2D eigenvalue weighted by Gasteiger charge is 2.17. The Balaban J connectivity index is 3.03. The van der Waals surface area contributed by atoms with Gasteiger partial charge in [-0.25, -0.2) is 5.43 Å². The van der Waals surface area contributed by atoms with Crippen LogP contribution in [0.1, 0.15) is 5.56 Å². The fourth-order valence-corrected chi connectivity index (χ4v) is 1.28. The highest BCUT2D eigenvalue weighted by molar-refractivity contribution is 5.46. The van der Waals surface area contributed by atoms with Crippen LogP contribution in [0.4, 0.5) is 5.69 Å². The summed E-state index contributed by atoms with van der Waals surface area (Å²) in [6.07, 6.45) is -0.969. The van der Waals surface area contributed by atoms with Gasteiger partial charge in [-0.05, 0) is 12.1 Å². The SMILES string of the molecule is COc1ccc(CC(O)NN)c([N+](=O)[O-])c1. The Morgan fingerprint density at radius 2 is 2.38 bits per heavy atom. The number of nitrogens with one attached hydrogen (secondary N) is 1. The summed E-state index contributed by atoms with van der Waals surface area (Å²) < 4.78 is 4.88. The summed E-state index contributed by atoms with van der Waals surface area (Å²) in [6, 6.07) is 4.42. The largest absolute Gasteiger partial charge is 0.497 e. The van der Waals surface area contributed by atoms with Gasteiger partial charge in [0.25, 0.3) is 5.69 Å². The minimum atomic E-state index is -1.02. The fraction of sp³-hybridized carbons (Fsp3) is 0.333. The molecule has 88 valence electrons. The molecule has 0 aliphatic carbocycles. The Labute approximate surface area is 91.9 Å². The number of ether oxygens (including phenoxy) is 1. The molecule has 0 aliphatic rings. The van der Waals surface area contributed by atoms with Crippen molar-refractivity contribution in [3.8, 4) is 5.75 Å². The van der Waals surface area contributed by atoms with E-state index in [4.69, 9.17) is 10.6 Å². The minimum absolute atomic E-state index is 0.0524. The van der Waals surface area contributed by atoms with E-state index < -0.39 is 11.2 Å². The number of aliphatic hydroxyl groups excluding tert-OH is 1. The molecular weight excluding hydrogens is 214 g/mol. The molecule has 7 nitrogen and oxygen atoms in total. The molecule has 0 aromatic heterocycles. The maximum Gasteiger partial charge on any atom is 0.276 e. The number of hydrogen-bond donors (Lipinski definition) is 3. The average Bonchev–Trinajstić information content (AvgIpc) is 2.29. The van der Waals surface area contributed by atoms with Crippen molar-refractivity contribution in [3.63, 3.8) is 0 Å². The molecule has 1 aromatic rings. The van der Waals surface area contributed by atoms with Gasteiger partial charge in [-0.2, -0.15) is 0 Å². The first-order valence-corrected chi connectivity index (χ1v) is 4.54. The number of hydrazine groups is 1. The van der Waals surface area contributed by atoms with Crippen molar-refractivity contribution in [2.45, 2.75) is 12.6 Å². The maximum atomic E-state index is 10.8. The number of nitrogens with two attached hydrogens (primary N) is 1. The predicted octanol–water partition coefficient (Wildman–Crippen LogP) is -0.0724. The van der Waals surface area contributed by atoms with Crippen LogP contribution in [0.5, 0.6) is 5.75 Å². The van der Waals surface area contributed by atoms with E-state index in [1.807, 2.05) is 0 Å². The van der Waals surface area contributed by atoms with Crippen molar-refractivity contribution in [3.05, 3.63) is 33.9 Å². The first-order chi connectivity index (χ1) is 7.58. The standard InChI is InChI=1S/C9H13N3O4/c1-16-7-3-2-6(4-9(13)11-10)8(5-7)12(14)15/h2-3,5,9,11,13H,4,10H2,1H3. The van der Waals surface area contributed by atoms with Crippen LogP contribution in [0.15, 0.2) is 18.2 Å². The topological polar surface area (TPSA) is 111 Å². The average molecular weight is 227 g/mol. The lowest BCUT2D eigenvalue weighted by atomic mass is 10.1. The molecule has 0 bridgehead atoms. The Morgan fingerprint density at radius 1 is 1.69 bits per heavy atom. The molecule has 1 atom stereocenters. The molecule has 0 saturated heterocycles. The second-order valence-corrected chi connectivity index (χ2v) is 3.14. The van der Waals surface area contributed by atoms with Crippen molar-refractivity contribution in [2.24, 2.45) is 5.84 Å². The monoisotopic (exact) mass is 227 g/mol. The first-order valence-electron chi connectivity index (χ1n) is 4.54. The molecule has 1 rings (SSSR count). The molecule has 4 N–H and O–H groups in total. The second kappa shape index (κ2) is 5.40. The van der Waals surface area contributed by atoms with E-state index in [9.17, 15) is 15.2 Å². The van der Waals surface area contributed by atoms with Crippen LogP contribution in [0.2, 0.25) is 0 Å². The third-order valence-corrected chi connectivity index (χ3v) is 2.09. The number of rotatable bonds is 5. The van der Waals surface area contributed by atoms with E-state index in [1.54, 1.807) is 6.07 Å². The van der Waals surface area contributed by atoms with Gasteiger partial charge in [0, 0.05) is 12.0 Å². The molecule has 16 heavy (non-hydrogen) atoms. The van der Waals surface area contributed by atoms with Gasteiger partial charge >= 0.3 is 0 Å². The molecule has 0 radical (unpaired) electrons. The van der Waals surface area contributed by atoms with Crippen LogP contribution in [0, 0.1) is 10.1 Å². The van der Waals surface area contributed by atoms with Gasteiger partial charge in [0.2, 0.25) is 0 Å². The number of aliphatic hydroxyl groups is 1. The number of methoxy groups -OCH3 is 1. The summed E-state index contributed by atoms with van der Waals surface area (Å²) in [7, 11) is 1.43. The normalized spacial score (nSPS) is 12.2. The van der Waals surface area contributed by atoms with Crippen LogP contribution in [-0.4, -0.2) is 23.4 Å². The van der Waals surface area contributed by atoms with E-state index in [2.05, 4.69) is 5.43 Å². The Kier molecular flexibility index (Phi) is 4.18. The third-order valence-electron chi connectivity index (χ3n) is 2.09. The van der Waals surface area contributed by atoms with Crippen molar-refractivity contribution >= 4 is 5.69 Å². The number of nitro benzene ring substituents is 1. The number of nitro groups is 1. The smallest absolute Gasteiger partial charge is 0.276 e. The van der Waals surface area contributed by atoms with Gasteiger partial charge in [-0.3, -0.25) is 16.0 Å². The molecule has 1 aromatic carbocycles. The van der Waals surface area contributed by atoms with E-state index in [0.29, 0.717) is 11.3 Å². The quantitative estimate of drug-likeness (QED) is 0.281. The van der Waals surface area contributed by atoms with E-state index in [0.717, 1.165) is 0 Å². The van der Waals surface area contributed by atoms with Crippen molar-refractivity contribution in [1.29, 1.82) is 0 Å². The lowest BCUT2D eigenvalue weighted by molar-refractivity contribution is -0.385. The summed E-state index contributed by atoms with van der Waals surface area (Å²) in [5.74, 6) is 5.40. The summed E-state index contributed by atoms with van der Waals surface area (Å²) in [4.78, 5) is 10.2. The van der Waals surface area contributed by atoms with Gasteiger partial charge < -0.3 is 9.84 Å². The van der Waals surface area contributed by atoms with E-state index >= 15 is 0 Å². The molecule has 0 fully saturated rings. The lowest BCUT2D eigenvalue weighted by Gasteiger charge is -2.09. The van der Waals surface area contributed by atoms with Crippen LogP contribution >= 0.6 is 0 Å². The Bertz CT molecular complexity index is 383. The molecule has 1 unspecified atom stereocenters. The molecule has 0 amide bonds. The zero-order chi connectivity index (χ0) is 12.1. The van der Waals surface area contributed by atoms with Gasteiger partial charge in [-0.15, -0.1) is 0 Å². The molecule has 0 heterocycles. The van der Waals surface area contributed by atoms with Crippen molar-refractivity contribution < 1.29 is 14.8 Å². The fourth-order valence-electron chi connectivity index (χ4n) is 1.28. The maximum absolute atomic E-state index is 10.8. The van der Waals surface area contributed by atoms with Crippen molar-refractivity contribution in [2.75, 3.05) is 7.11 Å². The summed E-state index contributed by atoms with van der Waals surface area (Å²) >= 11 is 0. The lowest BCUT2D eigenvalue weighted by Crippen LogP contribution is -2.36. The zero-order valence-electron chi connectivity index (χ0n) is 8.71. The Morgan fingerprint density at radius 3 is 2.88 bits per heavy atom. The summed E-state index contributed by atoms with van der Waals surface area (Å²) in [6.45, 7) is 0. The highest BCUT2D eigenvalue weighted by atomic mass is 16.6. The van der Waals surface area contributed by atoms with Gasteiger partial charge in [-0.1, -0.05) is 0 Å². The molecule has 0 saturated carbocycles. The predicted molar refractivity (Wildman–Crippen MR) is 56.7 cm³/mol. The van der Waals surface area contributed by atoms with Crippen LogP contribution in [-0.2, 0) is 6.42 Å². The van der Waals surface area contributed by atoms with Gasteiger partial charge in [0.15, 0.2) is 0 Å². The Hall–Kier alpha value is -1.70. The van der Waals surface area contributed by atoms with E-state index in [1.165, 1.54) is 19.2 Å². The number of benzene rings is 1. The molecule has 0 spiro atoms. The second-order valence-electron chi connectivity index (χ2n) is 3.14. The zero-order valence-corrected chi connectivity index (χ0v) is 8.71. The summed E-state index contributed by atoms with van der Waals surface area (Å²) in [5.41, 5.74) is 2.39. The summed E-state index contributed by atoms with van der Waals surface area (Å²) in [5, 5.41) is 20.0. The minimum Gasteiger partial charge on any atom is -0.497 e. The van der Waals surface area contributed by atoms with Gasteiger partial charge in [0.05, 0.1) is 18.1 Å². The first kappa shape index (κ1) is 12.4. The van der Waals surface area contributed by atoms with Gasteiger partial charge in [0.1, 0.15) is 12.0 Å². The van der Waals surface area contributed by atoms with E-state index in [-0.39, 0.29) is 12.1 Å². The highest BCUT2D eigenvalue weighted by Crippen LogP contribution is 2.25. The number of nitrogens with zero attached hydrogens (tertiary/aromatic N) is 1. The third kappa shape index (κ3) is 2.89. The van der Waals surface area contributed by atoms with Crippen LogP contribution in [0.3, 0.4) is 0 Å². The van der Waals surface area contributed by atoms with Crippen molar-refractivity contribution in [1.82, 2.24) is 5.43 Å². The van der Waals surface area contributed by atoms with Crippen LogP contribution in [0.25, 0.3) is 0 Å². The number of hydrogen-bond acceptors (Lipinski definition) is 6. The molecule has 7 heteroatoms. The molecule has 0 aliphatic heterocycles.